The zero-order valence-electron chi connectivity index (χ0n) is 34.0. The second kappa shape index (κ2) is 31.3. The summed E-state index contributed by atoms with van der Waals surface area (Å²) in [5.74, 6) is -0.897. The Hall–Kier alpha value is -1.70. The van der Waals surface area contributed by atoms with Crippen LogP contribution >= 0.6 is 7.82 Å². The molecule has 7 atom stereocenters. The first kappa shape index (κ1) is 51.3. The van der Waals surface area contributed by atoms with E-state index in [-0.39, 0.29) is 36.9 Å². The van der Waals surface area contributed by atoms with Gasteiger partial charge in [0.1, 0.15) is 18.5 Å². The molecular formula is C41H75O13P. The van der Waals surface area contributed by atoms with Crippen molar-refractivity contribution in [2.75, 3.05) is 26.4 Å². The average molecular weight is 807 g/mol. The lowest BCUT2D eigenvalue weighted by molar-refractivity contribution is -0.161. The van der Waals surface area contributed by atoms with Crippen LogP contribution in [0.25, 0.3) is 0 Å². The number of rotatable bonds is 35. The third-order valence-corrected chi connectivity index (χ3v) is 10.9. The summed E-state index contributed by atoms with van der Waals surface area (Å²) in [4.78, 5) is 47.7. The van der Waals surface area contributed by atoms with E-state index in [1.807, 2.05) is 0 Å². The monoisotopic (exact) mass is 806 g/mol. The highest BCUT2D eigenvalue weighted by Crippen LogP contribution is 2.43. The summed E-state index contributed by atoms with van der Waals surface area (Å²) >= 11 is 0. The summed E-state index contributed by atoms with van der Waals surface area (Å²) in [5, 5.41) is 39.0. The van der Waals surface area contributed by atoms with E-state index in [4.69, 9.17) is 19.1 Å². The molecule has 0 bridgehead atoms. The van der Waals surface area contributed by atoms with Crippen molar-refractivity contribution in [3.63, 3.8) is 0 Å². The van der Waals surface area contributed by atoms with Crippen molar-refractivity contribution in [3.8, 4) is 0 Å². The molecule has 1 aliphatic carbocycles. The summed E-state index contributed by atoms with van der Waals surface area (Å²) in [7, 11) is -4.67. The van der Waals surface area contributed by atoms with E-state index in [0.29, 0.717) is 32.1 Å². The highest BCUT2D eigenvalue weighted by molar-refractivity contribution is 7.47. The molecule has 1 aliphatic rings. The minimum atomic E-state index is -4.67. The maximum absolute atomic E-state index is 12.6. The number of ether oxygens (including phenoxy) is 2. The molecule has 14 heteroatoms. The van der Waals surface area contributed by atoms with Crippen molar-refractivity contribution in [1.29, 1.82) is 0 Å². The first-order chi connectivity index (χ1) is 26.3. The number of esters is 2. The number of aliphatic hydroxyl groups is 4. The largest absolute Gasteiger partial charge is 0.472 e. The van der Waals surface area contributed by atoms with Crippen LogP contribution in [0.5, 0.6) is 0 Å². The van der Waals surface area contributed by atoms with Crippen molar-refractivity contribution in [1.82, 2.24) is 0 Å². The van der Waals surface area contributed by atoms with E-state index < -0.39 is 70.6 Å². The van der Waals surface area contributed by atoms with Crippen molar-refractivity contribution in [2.45, 2.75) is 186 Å². The van der Waals surface area contributed by atoms with Gasteiger partial charge in [0.05, 0.1) is 32.0 Å². The minimum absolute atomic E-state index is 0.0332. The molecule has 0 aromatic rings. The zero-order valence-corrected chi connectivity index (χ0v) is 34.9. The summed E-state index contributed by atoms with van der Waals surface area (Å²) in [5.41, 5.74) is 0. The van der Waals surface area contributed by atoms with Crippen LogP contribution < -0.4 is 0 Å². The molecule has 0 amide bonds. The number of ketones is 1. The zero-order chi connectivity index (χ0) is 40.9. The van der Waals surface area contributed by atoms with E-state index in [9.17, 15) is 39.2 Å². The molecule has 55 heavy (non-hydrogen) atoms. The van der Waals surface area contributed by atoms with Crippen LogP contribution in [0, 0.1) is 17.8 Å². The fourth-order valence-electron chi connectivity index (χ4n) is 6.66. The third kappa shape index (κ3) is 26.8. The Balaban J connectivity index is 2.46. The van der Waals surface area contributed by atoms with Crippen LogP contribution in [-0.4, -0.2) is 93.9 Å². The Morgan fingerprint density at radius 3 is 1.98 bits per heavy atom. The highest BCUT2D eigenvalue weighted by atomic mass is 31.2. The molecule has 0 aromatic carbocycles. The number of hydrogen-bond acceptors (Lipinski definition) is 12. The summed E-state index contributed by atoms with van der Waals surface area (Å²) < 4.78 is 32.6. The van der Waals surface area contributed by atoms with Gasteiger partial charge in [0.15, 0.2) is 6.10 Å². The molecule has 0 aliphatic heterocycles. The predicted octanol–water partition coefficient (Wildman–Crippen LogP) is 7.28. The third-order valence-electron chi connectivity index (χ3n) is 9.99. The van der Waals surface area contributed by atoms with Gasteiger partial charge < -0.3 is 34.8 Å². The molecule has 13 nitrogen and oxygen atoms in total. The number of unbranched alkanes of at least 4 members (excludes halogenated alkanes) is 13. The van der Waals surface area contributed by atoms with Gasteiger partial charge in [0.25, 0.3) is 0 Å². The van der Waals surface area contributed by atoms with E-state index in [1.165, 1.54) is 38.5 Å². The molecule has 1 fully saturated rings. The first-order valence-corrected chi connectivity index (χ1v) is 22.6. The van der Waals surface area contributed by atoms with Gasteiger partial charge in [-0.25, -0.2) is 4.57 Å². The maximum Gasteiger partial charge on any atom is 0.472 e. The maximum atomic E-state index is 12.6. The Morgan fingerprint density at radius 1 is 0.800 bits per heavy atom. The molecule has 5 N–H and O–H groups in total. The SMILES string of the molecule is CCCCC[C@H](O)/C=C/[C@H]1[C@H](O)CC(=O)[C@@H]1CCCCCCC(=O)OC[C@H](COP(=O)(O)OC[C@@H](O)CO)OC(=O)CCCCCCCCCCCC(C)C. The van der Waals surface area contributed by atoms with Crippen LogP contribution in [0.3, 0.4) is 0 Å². The van der Waals surface area contributed by atoms with Gasteiger partial charge in [-0.15, -0.1) is 0 Å². The summed E-state index contributed by atoms with van der Waals surface area (Å²) in [6.07, 6.45) is 18.1. The quantitative estimate of drug-likeness (QED) is 0.0185. The van der Waals surface area contributed by atoms with E-state index >= 15 is 0 Å². The van der Waals surface area contributed by atoms with Crippen molar-refractivity contribution in [3.05, 3.63) is 12.2 Å². The van der Waals surface area contributed by atoms with E-state index in [2.05, 4.69) is 25.3 Å². The second-order valence-electron chi connectivity index (χ2n) is 15.6. The lowest BCUT2D eigenvalue weighted by Crippen LogP contribution is -2.29. The minimum Gasteiger partial charge on any atom is -0.462 e. The van der Waals surface area contributed by atoms with Gasteiger partial charge in [-0.05, 0) is 31.6 Å². The number of phosphoric acid groups is 1. The highest BCUT2D eigenvalue weighted by Gasteiger charge is 2.39. The Bertz CT molecular complexity index is 1100. The Kier molecular flexibility index (Phi) is 29.2. The molecule has 1 rings (SSSR count). The lowest BCUT2D eigenvalue weighted by Gasteiger charge is -2.20. The van der Waals surface area contributed by atoms with Gasteiger partial charge in [-0.2, -0.15) is 0 Å². The Labute approximate surface area is 330 Å². The normalized spacial score (nSPS) is 20.2. The Morgan fingerprint density at radius 2 is 1.36 bits per heavy atom. The molecule has 322 valence electrons. The molecule has 0 radical (unpaired) electrons. The standard InChI is InChI=1S/C41H75O13P/c1-4-5-15-21-33(43)25-26-37-36(38(45)27-39(37)46)22-17-13-14-18-23-40(47)51-30-35(31-53-55(49,50)52-29-34(44)28-42)54-41(48)24-19-12-10-8-6-7-9-11-16-20-32(2)3/h25-26,32-37,39,42-44,46H,4-24,27-31H2,1-3H3,(H,49,50)/b26-25+/t33-,34-,35+,36+,37+,39+/m0/s1. The molecule has 0 saturated heterocycles. The fourth-order valence-corrected chi connectivity index (χ4v) is 7.45. The number of carbonyl (C=O) groups excluding carboxylic acids is 3. The topological polar surface area (TPSA) is 206 Å². The predicted molar refractivity (Wildman–Crippen MR) is 211 cm³/mol. The van der Waals surface area contributed by atoms with Crippen LogP contribution in [-0.2, 0) is 37.5 Å². The molecular weight excluding hydrogens is 731 g/mol. The average Bonchev–Trinajstić information content (AvgIpc) is 3.41. The van der Waals surface area contributed by atoms with Crippen molar-refractivity contribution < 1.29 is 62.8 Å². The van der Waals surface area contributed by atoms with Crippen LogP contribution in [0.1, 0.15) is 162 Å². The molecule has 1 unspecified atom stereocenters. The van der Waals surface area contributed by atoms with Crippen molar-refractivity contribution in [2.24, 2.45) is 17.8 Å². The first-order valence-electron chi connectivity index (χ1n) is 21.1. The number of hydrogen-bond donors (Lipinski definition) is 5. The van der Waals surface area contributed by atoms with Crippen LogP contribution in [0.2, 0.25) is 0 Å². The smallest absolute Gasteiger partial charge is 0.462 e. The molecule has 1 saturated carbocycles. The molecule has 0 aromatic heterocycles. The van der Waals surface area contributed by atoms with Crippen LogP contribution in [0.4, 0.5) is 0 Å². The van der Waals surface area contributed by atoms with Crippen molar-refractivity contribution >= 4 is 25.5 Å². The molecule has 0 heterocycles. The van der Waals surface area contributed by atoms with E-state index in [0.717, 1.165) is 57.3 Å². The van der Waals surface area contributed by atoms with E-state index in [1.54, 1.807) is 12.2 Å². The van der Waals surface area contributed by atoms with Gasteiger partial charge in [0, 0.05) is 31.1 Å². The fraction of sp³-hybridized carbons (Fsp3) is 0.878. The van der Waals surface area contributed by atoms with Gasteiger partial charge in [0.2, 0.25) is 0 Å². The summed E-state index contributed by atoms with van der Waals surface area (Å²) in [6.45, 7) is 4.28. The second-order valence-corrected chi connectivity index (χ2v) is 17.1. The van der Waals surface area contributed by atoms with Gasteiger partial charge in [-0.3, -0.25) is 23.4 Å². The van der Waals surface area contributed by atoms with Crippen LogP contribution in [0.15, 0.2) is 12.2 Å². The summed E-state index contributed by atoms with van der Waals surface area (Å²) in [6, 6.07) is 0. The lowest BCUT2D eigenvalue weighted by atomic mass is 9.88. The number of aliphatic hydroxyl groups excluding tert-OH is 4. The molecule has 0 spiro atoms. The van der Waals surface area contributed by atoms with Gasteiger partial charge in [-0.1, -0.05) is 129 Å². The van der Waals surface area contributed by atoms with Gasteiger partial charge >= 0.3 is 19.8 Å². The number of Topliss-reactive ketones (excluding diaryl/α,β-unsaturated/α-hetero) is 1. The number of carbonyl (C=O) groups is 3. The number of phosphoric ester groups is 1.